The number of rotatable bonds is 4. The van der Waals surface area contributed by atoms with E-state index in [1.165, 1.54) is 11.3 Å². The Morgan fingerprint density at radius 2 is 2.12 bits per heavy atom. The Hall–Kier alpha value is -2.87. The van der Waals surface area contributed by atoms with E-state index in [1.54, 1.807) is 12.1 Å². The SMILES string of the molecule is O=C(NCc1nc(-c2cccs2)no1)C1COc2ccccc2O1. The Kier molecular flexibility index (Phi) is 3.87. The van der Waals surface area contributed by atoms with Crippen molar-refractivity contribution >= 4 is 17.2 Å². The summed E-state index contributed by atoms with van der Waals surface area (Å²) in [5.74, 6) is 1.75. The smallest absolute Gasteiger partial charge is 0.265 e. The molecule has 0 radical (unpaired) electrons. The number of aromatic nitrogens is 2. The van der Waals surface area contributed by atoms with Crippen LogP contribution >= 0.6 is 11.3 Å². The summed E-state index contributed by atoms with van der Waals surface area (Å²) in [6.45, 7) is 0.297. The molecule has 0 fully saturated rings. The predicted octanol–water partition coefficient (Wildman–Crippen LogP) is 2.25. The highest BCUT2D eigenvalue weighted by molar-refractivity contribution is 7.13. The standard InChI is InChI=1S/C16H13N3O4S/c20-16(12-9-21-10-4-1-2-5-11(10)22-12)17-8-14-18-15(19-23-14)13-6-3-7-24-13/h1-7,12H,8-9H2,(H,17,20). The van der Waals surface area contributed by atoms with Crippen LogP contribution < -0.4 is 14.8 Å². The van der Waals surface area contributed by atoms with Gasteiger partial charge in [-0.3, -0.25) is 4.79 Å². The summed E-state index contributed by atoms with van der Waals surface area (Å²) in [5.41, 5.74) is 0. The summed E-state index contributed by atoms with van der Waals surface area (Å²) in [5, 5.41) is 8.55. The van der Waals surface area contributed by atoms with Crippen molar-refractivity contribution in [2.24, 2.45) is 0 Å². The fraction of sp³-hybridized carbons (Fsp3) is 0.188. The topological polar surface area (TPSA) is 86.5 Å². The predicted molar refractivity (Wildman–Crippen MR) is 85.8 cm³/mol. The molecule has 0 saturated carbocycles. The first-order valence-corrected chi connectivity index (χ1v) is 8.20. The number of nitrogens with zero attached hydrogens (tertiary/aromatic N) is 2. The van der Waals surface area contributed by atoms with Gasteiger partial charge in [0.2, 0.25) is 17.8 Å². The van der Waals surface area contributed by atoms with Gasteiger partial charge in [-0.15, -0.1) is 11.3 Å². The highest BCUT2D eigenvalue weighted by Crippen LogP contribution is 2.30. The minimum atomic E-state index is -0.709. The van der Waals surface area contributed by atoms with Crippen molar-refractivity contribution in [3.63, 3.8) is 0 Å². The number of hydrogen-bond donors (Lipinski definition) is 1. The number of carbonyl (C=O) groups excluding carboxylic acids is 1. The van der Waals surface area contributed by atoms with Crippen LogP contribution in [0.1, 0.15) is 5.89 Å². The average Bonchev–Trinajstić information content (AvgIpc) is 3.30. The van der Waals surface area contributed by atoms with Crippen molar-refractivity contribution in [3.05, 3.63) is 47.7 Å². The second kappa shape index (κ2) is 6.32. The van der Waals surface area contributed by atoms with Gasteiger partial charge in [0.05, 0.1) is 11.4 Å². The number of ether oxygens (including phenoxy) is 2. The van der Waals surface area contributed by atoms with E-state index in [0.29, 0.717) is 23.2 Å². The van der Waals surface area contributed by atoms with E-state index in [1.807, 2.05) is 29.6 Å². The van der Waals surface area contributed by atoms with Gasteiger partial charge in [-0.1, -0.05) is 23.4 Å². The van der Waals surface area contributed by atoms with Crippen molar-refractivity contribution in [1.82, 2.24) is 15.5 Å². The molecular weight excluding hydrogens is 330 g/mol. The summed E-state index contributed by atoms with van der Waals surface area (Å²) in [4.78, 5) is 17.4. The summed E-state index contributed by atoms with van der Waals surface area (Å²) in [7, 11) is 0. The van der Waals surface area contributed by atoms with Crippen LogP contribution in [0, 0.1) is 0 Å². The molecule has 0 spiro atoms. The van der Waals surface area contributed by atoms with Crippen molar-refractivity contribution in [2.45, 2.75) is 12.6 Å². The Labute approximate surface area is 141 Å². The maximum atomic E-state index is 12.2. The zero-order valence-electron chi connectivity index (χ0n) is 12.5. The van der Waals surface area contributed by atoms with Crippen molar-refractivity contribution in [2.75, 3.05) is 6.61 Å². The molecule has 0 bridgehead atoms. The number of thiophene rings is 1. The molecule has 3 heterocycles. The molecule has 1 aromatic carbocycles. The summed E-state index contributed by atoms with van der Waals surface area (Å²) in [6.07, 6.45) is -0.709. The van der Waals surface area contributed by atoms with Crippen LogP contribution in [0.15, 0.2) is 46.3 Å². The fourth-order valence-electron chi connectivity index (χ4n) is 2.26. The fourth-order valence-corrected chi connectivity index (χ4v) is 2.91. The lowest BCUT2D eigenvalue weighted by Gasteiger charge is -2.25. The van der Waals surface area contributed by atoms with Crippen LogP contribution in [-0.4, -0.2) is 28.8 Å². The molecule has 24 heavy (non-hydrogen) atoms. The average molecular weight is 343 g/mol. The van der Waals surface area contributed by atoms with Gasteiger partial charge >= 0.3 is 0 Å². The third-order valence-electron chi connectivity index (χ3n) is 3.42. The Bertz CT molecular complexity index is 847. The zero-order chi connectivity index (χ0) is 16.4. The molecule has 2 aromatic heterocycles. The molecule has 1 amide bonds. The van der Waals surface area contributed by atoms with Crippen LogP contribution in [0.25, 0.3) is 10.7 Å². The minimum absolute atomic E-state index is 0.138. The van der Waals surface area contributed by atoms with Gasteiger partial charge in [0.1, 0.15) is 6.61 Å². The van der Waals surface area contributed by atoms with Crippen molar-refractivity contribution in [1.29, 1.82) is 0 Å². The number of carbonyl (C=O) groups is 1. The Morgan fingerprint density at radius 1 is 1.25 bits per heavy atom. The lowest BCUT2D eigenvalue weighted by molar-refractivity contribution is -0.130. The van der Waals surface area contributed by atoms with E-state index in [4.69, 9.17) is 14.0 Å². The van der Waals surface area contributed by atoms with Gasteiger partial charge in [0.15, 0.2) is 11.5 Å². The number of benzene rings is 1. The summed E-state index contributed by atoms with van der Waals surface area (Å²) >= 11 is 1.52. The molecule has 1 atom stereocenters. The number of hydrogen-bond acceptors (Lipinski definition) is 7. The second-order valence-electron chi connectivity index (χ2n) is 5.07. The molecule has 1 aliphatic heterocycles. The van der Waals surface area contributed by atoms with Crippen LogP contribution in [0.2, 0.25) is 0 Å². The molecule has 0 saturated heterocycles. The normalized spacial score (nSPS) is 15.9. The highest BCUT2D eigenvalue weighted by Gasteiger charge is 2.27. The lowest BCUT2D eigenvalue weighted by atomic mass is 10.2. The number of nitrogens with one attached hydrogen (secondary N) is 1. The van der Waals surface area contributed by atoms with Crippen LogP contribution in [0.4, 0.5) is 0 Å². The van der Waals surface area contributed by atoms with Gasteiger partial charge in [-0.05, 0) is 23.6 Å². The molecule has 3 aromatic rings. The number of amides is 1. The van der Waals surface area contributed by atoms with Gasteiger partial charge in [-0.2, -0.15) is 4.98 Å². The molecule has 8 heteroatoms. The zero-order valence-corrected chi connectivity index (χ0v) is 13.3. The van der Waals surface area contributed by atoms with E-state index in [-0.39, 0.29) is 19.1 Å². The van der Waals surface area contributed by atoms with Gasteiger partial charge in [0, 0.05) is 0 Å². The van der Waals surface area contributed by atoms with Gasteiger partial charge in [0.25, 0.3) is 5.91 Å². The lowest BCUT2D eigenvalue weighted by Crippen LogP contribution is -2.43. The molecule has 0 aliphatic carbocycles. The maximum absolute atomic E-state index is 12.2. The van der Waals surface area contributed by atoms with Crippen LogP contribution in [-0.2, 0) is 11.3 Å². The third kappa shape index (κ3) is 2.95. The first-order valence-electron chi connectivity index (χ1n) is 7.32. The van der Waals surface area contributed by atoms with Gasteiger partial charge in [-0.25, -0.2) is 0 Å². The summed E-state index contributed by atoms with van der Waals surface area (Å²) in [6, 6.07) is 11.1. The quantitative estimate of drug-likeness (QED) is 0.782. The third-order valence-corrected chi connectivity index (χ3v) is 4.29. The second-order valence-corrected chi connectivity index (χ2v) is 6.02. The number of fused-ring (bicyclic) bond motifs is 1. The largest absolute Gasteiger partial charge is 0.485 e. The molecule has 1 unspecified atom stereocenters. The summed E-state index contributed by atoms with van der Waals surface area (Å²) < 4.78 is 16.3. The van der Waals surface area contributed by atoms with Crippen LogP contribution in [0.3, 0.4) is 0 Å². The molecule has 1 aliphatic rings. The van der Waals surface area contributed by atoms with Crippen molar-refractivity contribution in [3.8, 4) is 22.2 Å². The molecule has 7 nitrogen and oxygen atoms in total. The highest BCUT2D eigenvalue weighted by atomic mass is 32.1. The molecular formula is C16H13N3O4S. The Morgan fingerprint density at radius 3 is 2.96 bits per heavy atom. The molecule has 4 rings (SSSR count). The van der Waals surface area contributed by atoms with E-state index in [2.05, 4.69) is 15.5 Å². The monoisotopic (exact) mass is 343 g/mol. The van der Waals surface area contributed by atoms with Crippen molar-refractivity contribution < 1.29 is 18.8 Å². The first kappa shape index (κ1) is 14.7. The molecule has 122 valence electrons. The first-order chi connectivity index (χ1) is 11.8. The van der Waals surface area contributed by atoms with E-state index >= 15 is 0 Å². The van der Waals surface area contributed by atoms with E-state index in [9.17, 15) is 4.79 Å². The van der Waals surface area contributed by atoms with E-state index < -0.39 is 6.10 Å². The van der Waals surface area contributed by atoms with Gasteiger partial charge < -0.3 is 19.3 Å². The van der Waals surface area contributed by atoms with E-state index in [0.717, 1.165) is 4.88 Å². The van der Waals surface area contributed by atoms with Crippen LogP contribution in [0.5, 0.6) is 11.5 Å². The molecule has 1 N–H and O–H groups in total. The maximum Gasteiger partial charge on any atom is 0.265 e. The number of para-hydroxylation sites is 2. The Balaban J connectivity index is 1.36. The minimum Gasteiger partial charge on any atom is -0.485 e.